The van der Waals surface area contributed by atoms with Crippen LogP contribution in [0.25, 0.3) is 0 Å². The molecule has 0 aromatic rings. The van der Waals surface area contributed by atoms with Crippen LogP contribution in [0.2, 0.25) is 0 Å². The van der Waals surface area contributed by atoms with Gasteiger partial charge in [-0.25, -0.2) is 4.99 Å². The number of dihydropyridines is 1. The lowest BCUT2D eigenvalue weighted by molar-refractivity contribution is -0.113. The monoisotopic (exact) mass is 132 g/mol. The molecule has 1 amide bonds. The predicted molar refractivity (Wildman–Crippen MR) is 38.2 cm³/mol. The van der Waals surface area contributed by atoms with Crippen molar-refractivity contribution in [2.75, 3.05) is 0 Å². The zero-order chi connectivity index (χ0) is 6.97. The molecule has 0 unspecified atom stereocenters. The maximum atomic E-state index is 10.6. The van der Waals surface area contributed by atoms with Crippen molar-refractivity contribution in [3.8, 4) is 0 Å². The molecule has 10 heavy (non-hydrogen) atoms. The molecule has 2 aliphatic rings. The highest BCUT2D eigenvalue weighted by Gasteiger charge is 2.12. The van der Waals surface area contributed by atoms with Crippen LogP contribution in [0.15, 0.2) is 33.8 Å². The molecule has 0 saturated carbocycles. The Morgan fingerprint density at radius 1 is 1.30 bits per heavy atom. The molecule has 48 valence electrons. The van der Waals surface area contributed by atoms with Gasteiger partial charge in [-0.2, -0.15) is 4.99 Å². The van der Waals surface area contributed by atoms with Gasteiger partial charge in [0.2, 0.25) is 0 Å². The van der Waals surface area contributed by atoms with E-state index in [1.54, 1.807) is 12.3 Å². The summed E-state index contributed by atoms with van der Waals surface area (Å²) >= 11 is 0. The summed E-state index contributed by atoms with van der Waals surface area (Å²) in [6.07, 6.45) is 6.61. The number of aliphatic imine (C=N–C) groups is 2. The van der Waals surface area contributed by atoms with E-state index in [9.17, 15) is 4.79 Å². The average molecular weight is 132 g/mol. The number of amides is 1. The molecule has 0 saturated heterocycles. The van der Waals surface area contributed by atoms with Crippen molar-refractivity contribution < 1.29 is 4.79 Å². The van der Waals surface area contributed by atoms with Crippen LogP contribution in [0.5, 0.6) is 0 Å². The zero-order valence-electron chi connectivity index (χ0n) is 5.11. The van der Waals surface area contributed by atoms with Gasteiger partial charge in [0.1, 0.15) is 0 Å². The Morgan fingerprint density at radius 3 is 3.10 bits per heavy atom. The van der Waals surface area contributed by atoms with Crippen molar-refractivity contribution >= 4 is 18.0 Å². The number of hydrogen-bond donors (Lipinski definition) is 0. The number of carbonyl (C=O) groups is 1. The fourth-order valence-corrected chi connectivity index (χ4v) is 0.863. The molecule has 3 heteroatoms. The van der Waals surface area contributed by atoms with Crippen molar-refractivity contribution in [3.05, 3.63) is 23.8 Å². The molecule has 2 rings (SSSR count). The first kappa shape index (κ1) is 5.29. The van der Waals surface area contributed by atoms with Gasteiger partial charge >= 0.3 is 0 Å². The second-order valence-corrected chi connectivity index (χ2v) is 2.01. The smallest absolute Gasteiger partial charge is 0.267 e. The van der Waals surface area contributed by atoms with Gasteiger partial charge in [-0.15, -0.1) is 0 Å². The molecular weight excluding hydrogens is 128 g/mol. The Labute approximate surface area is 57.5 Å². The van der Waals surface area contributed by atoms with Crippen molar-refractivity contribution in [2.45, 2.75) is 0 Å². The van der Waals surface area contributed by atoms with Crippen LogP contribution in [-0.4, -0.2) is 18.0 Å². The van der Waals surface area contributed by atoms with E-state index < -0.39 is 0 Å². The Kier molecular flexibility index (Phi) is 0.917. The molecule has 0 atom stereocenters. The Bertz CT molecular complexity index is 308. The van der Waals surface area contributed by atoms with Gasteiger partial charge in [-0.1, -0.05) is 0 Å². The summed E-state index contributed by atoms with van der Waals surface area (Å²) in [5.74, 6) is 0.304. The summed E-state index contributed by atoms with van der Waals surface area (Å²) in [5, 5.41) is 0. The molecule has 0 radical (unpaired) electrons. The molecule has 0 aromatic heterocycles. The molecule has 0 aliphatic carbocycles. The average Bonchev–Trinajstić information content (AvgIpc) is 2.33. The largest absolute Gasteiger partial charge is 0.271 e. The van der Waals surface area contributed by atoms with Gasteiger partial charge in [0.15, 0.2) is 5.84 Å². The maximum Gasteiger partial charge on any atom is 0.271 e. The number of rotatable bonds is 0. The van der Waals surface area contributed by atoms with Crippen LogP contribution in [0.3, 0.4) is 0 Å². The minimum atomic E-state index is -0.230. The third kappa shape index (κ3) is 0.639. The van der Waals surface area contributed by atoms with Crippen LogP contribution in [-0.2, 0) is 4.79 Å². The number of fused-ring (bicyclic) bond motifs is 1. The summed E-state index contributed by atoms with van der Waals surface area (Å²) in [5.41, 5.74) is 0.916. The minimum absolute atomic E-state index is 0.230. The molecule has 0 aromatic carbocycles. The molecule has 3 nitrogen and oxygen atoms in total. The van der Waals surface area contributed by atoms with Gasteiger partial charge < -0.3 is 0 Å². The third-order valence-corrected chi connectivity index (χ3v) is 1.33. The number of amidine groups is 1. The van der Waals surface area contributed by atoms with E-state index in [1.165, 1.54) is 6.08 Å². The fraction of sp³-hybridized carbons (Fsp3) is 0. The summed E-state index contributed by atoms with van der Waals surface area (Å²) < 4.78 is 0. The standard InChI is InChI=1S/C7H4N2O/c10-6-2-1-5-3-4-8-7(5)9-6/h1-4H. The van der Waals surface area contributed by atoms with Gasteiger partial charge in [-0.05, 0) is 12.2 Å². The van der Waals surface area contributed by atoms with Gasteiger partial charge in [0.05, 0.1) is 0 Å². The van der Waals surface area contributed by atoms with Crippen molar-refractivity contribution in [1.82, 2.24) is 0 Å². The summed E-state index contributed by atoms with van der Waals surface area (Å²) in [4.78, 5) is 18.2. The van der Waals surface area contributed by atoms with Gasteiger partial charge in [-0.3, -0.25) is 4.79 Å². The quantitative estimate of drug-likeness (QED) is 0.473. The van der Waals surface area contributed by atoms with Crippen LogP contribution in [0.4, 0.5) is 0 Å². The lowest BCUT2D eigenvalue weighted by atomic mass is 10.2. The van der Waals surface area contributed by atoms with Crippen LogP contribution < -0.4 is 0 Å². The fourth-order valence-electron chi connectivity index (χ4n) is 0.863. The summed E-state index contributed by atoms with van der Waals surface area (Å²) in [6, 6.07) is 0. The first-order chi connectivity index (χ1) is 4.86. The lowest BCUT2D eigenvalue weighted by Crippen LogP contribution is -2.03. The van der Waals surface area contributed by atoms with Gasteiger partial charge in [0.25, 0.3) is 5.91 Å². The second kappa shape index (κ2) is 1.73. The summed E-state index contributed by atoms with van der Waals surface area (Å²) in [7, 11) is 0. The lowest BCUT2D eigenvalue weighted by Gasteiger charge is -1.98. The minimum Gasteiger partial charge on any atom is -0.267 e. The number of nitrogens with zero attached hydrogens (tertiary/aromatic N) is 2. The van der Waals surface area contributed by atoms with E-state index in [0.29, 0.717) is 5.84 Å². The van der Waals surface area contributed by atoms with Crippen LogP contribution in [0, 0.1) is 0 Å². The molecular formula is C7H4N2O. The zero-order valence-corrected chi connectivity index (χ0v) is 5.11. The molecule has 2 aliphatic heterocycles. The first-order valence-corrected chi connectivity index (χ1v) is 2.92. The van der Waals surface area contributed by atoms with Crippen molar-refractivity contribution in [2.24, 2.45) is 9.98 Å². The highest BCUT2D eigenvalue weighted by molar-refractivity contribution is 6.19. The van der Waals surface area contributed by atoms with E-state index in [2.05, 4.69) is 9.98 Å². The second-order valence-electron chi connectivity index (χ2n) is 2.01. The molecule has 2 heterocycles. The highest BCUT2D eigenvalue weighted by atomic mass is 16.1. The van der Waals surface area contributed by atoms with E-state index in [-0.39, 0.29) is 5.91 Å². The topological polar surface area (TPSA) is 41.8 Å². The van der Waals surface area contributed by atoms with E-state index in [1.807, 2.05) is 6.08 Å². The molecule has 0 N–H and O–H groups in total. The SMILES string of the molecule is O=C1C=CC2=CC=NC2=N1. The summed E-state index contributed by atoms with van der Waals surface area (Å²) in [6.45, 7) is 0. The number of allylic oxidation sites excluding steroid dienone is 1. The Morgan fingerprint density at radius 2 is 2.20 bits per heavy atom. The first-order valence-electron chi connectivity index (χ1n) is 2.92. The highest BCUT2D eigenvalue weighted by Crippen LogP contribution is 2.11. The van der Waals surface area contributed by atoms with Crippen LogP contribution in [0.1, 0.15) is 0 Å². The van der Waals surface area contributed by atoms with Crippen LogP contribution >= 0.6 is 0 Å². The third-order valence-electron chi connectivity index (χ3n) is 1.33. The Hall–Kier alpha value is -1.51. The predicted octanol–water partition coefficient (Wildman–Crippen LogP) is 0.492. The Balaban J connectivity index is 2.51. The van der Waals surface area contributed by atoms with Crippen molar-refractivity contribution in [3.63, 3.8) is 0 Å². The van der Waals surface area contributed by atoms with E-state index in [0.717, 1.165) is 5.57 Å². The maximum absolute atomic E-state index is 10.6. The molecule has 0 spiro atoms. The number of carbonyl (C=O) groups excluding carboxylic acids is 1. The molecule has 0 bridgehead atoms. The van der Waals surface area contributed by atoms with E-state index >= 15 is 0 Å². The van der Waals surface area contributed by atoms with Gasteiger partial charge in [0, 0.05) is 17.9 Å². The van der Waals surface area contributed by atoms with Crippen molar-refractivity contribution in [1.29, 1.82) is 0 Å². The number of hydrogen-bond acceptors (Lipinski definition) is 2. The van der Waals surface area contributed by atoms with E-state index in [4.69, 9.17) is 0 Å². The normalized spacial score (nSPS) is 20.6. The molecule has 0 fully saturated rings.